The van der Waals surface area contributed by atoms with Gasteiger partial charge in [-0.15, -0.1) is 0 Å². The predicted molar refractivity (Wildman–Crippen MR) is 118 cm³/mol. The van der Waals surface area contributed by atoms with E-state index in [4.69, 9.17) is 10.7 Å². The maximum atomic E-state index is 6.30. The molecule has 1 saturated carbocycles. The van der Waals surface area contributed by atoms with E-state index in [9.17, 15) is 0 Å². The van der Waals surface area contributed by atoms with Gasteiger partial charge >= 0.3 is 0 Å². The van der Waals surface area contributed by atoms with E-state index in [0.29, 0.717) is 0 Å². The average Bonchev–Trinajstić information content (AvgIpc) is 2.74. The number of aryl methyl sites for hydroxylation is 1. The van der Waals surface area contributed by atoms with Gasteiger partial charge in [0.2, 0.25) is 0 Å². The predicted octanol–water partition coefficient (Wildman–Crippen LogP) is 4.14. The van der Waals surface area contributed by atoms with Gasteiger partial charge in [-0.2, -0.15) is 0 Å². The maximum Gasteiger partial charge on any atom is 0.140 e. The lowest BCUT2D eigenvalue weighted by molar-refractivity contribution is 0.332. The molecular weight excluding hydrogens is 342 g/mol. The fourth-order valence-electron chi connectivity index (χ4n) is 4.75. The van der Waals surface area contributed by atoms with Crippen molar-refractivity contribution in [2.45, 2.75) is 70.5 Å². The Balaban J connectivity index is 1.60. The Morgan fingerprint density at radius 1 is 1.04 bits per heavy atom. The largest absolute Gasteiger partial charge is 0.325 e. The molecule has 2 atom stereocenters. The number of rotatable bonds is 6. The monoisotopic (exact) mass is 375 g/mol. The van der Waals surface area contributed by atoms with E-state index < -0.39 is 0 Å². The van der Waals surface area contributed by atoms with Crippen molar-refractivity contribution in [1.82, 2.24) is 0 Å². The molecule has 2 aliphatic rings. The molecular formula is C25H33N3. The highest BCUT2D eigenvalue weighted by molar-refractivity contribution is 5.61. The summed E-state index contributed by atoms with van der Waals surface area (Å²) in [5.74, 6) is 0.949. The van der Waals surface area contributed by atoms with Gasteiger partial charge < -0.3 is 10.6 Å². The Labute approximate surface area is 169 Å². The number of hydrogen-bond donors (Lipinski definition) is 1. The van der Waals surface area contributed by atoms with Crippen LogP contribution in [0, 0.1) is 5.92 Å². The van der Waals surface area contributed by atoms with Gasteiger partial charge in [0.05, 0.1) is 5.36 Å². The molecule has 1 aliphatic carbocycles. The highest BCUT2D eigenvalue weighted by atomic mass is 15.3. The molecule has 0 amide bonds. The van der Waals surface area contributed by atoms with E-state index in [2.05, 4.69) is 59.6 Å². The summed E-state index contributed by atoms with van der Waals surface area (Å²) in [6.07, 6.45) is 13.2. The number of fused-ring (bicyclic) bond motifs is 1. The molecule has 1 heterocycles. The lowest BCUT2D eigenvalue weighted by atomic mass is 9.85. The zero-order valence-electron chi connectivity index (χ0n) is 17.1. The fourth-order valence-corrected chi connectivity index (χ4v) is 4.75. The second-order valence-corrected chi connectivity index (χ2v) is 8.52. The van der Waals surface area contributed by atoms with Gasteiger partial charge in [0.25, 0.3) is 0 Å². The number of benzene rings is 2. The van der Waals surface area contributed by atoms with Crippen LogP contribution in [0.4, 0.5) is 5.69 Å². The lowest BCUT2D eigenvalue weighted by Gasteiger charge is -2.32. The first-order valence-electron chi connectivity index (χ1n) is 11.0. The van der Waals surface area contributed by atoms with Crippen molar-refractivity contribution >= 4 is 11.9 Å². The van der Waals surface area contributed by atoms with Gasteiger partial charge in [-0.3, -0.25) is 4.99 Å². The van der Waals surface area contributed by atoms with Crippen molar-refractivity contribution in [3.05, 3.63) is 64.7 Å². The Morgan fingerprint density at radius 3 is 2.57 bits per heavy atom. The molecule has 4 rings (SSSR count). The van der Waals surface area contributed by atoms with Gasteiger partial charge in [-0.25, -0.2) is 0 Å². The third kappa shape index (κ3) is 4.30. The fraction of sp³-hybridized carbons (Fsp3) is 0.480. The second kappa shape index (κ2) is 8.91. The van der Waals surface area contributed by atoms with E-state index in [1.807, 2.05) is 6.92 Å². The molecule has 148 valence electrons. The summed E-state index contributed by atoms with van der Waals surface area (Å²) in [6.45, 7) is 2.04. The molecule has 3 heteroatoms. The minimum atomic E-state index is -0.0626. The van der Waals surface area contributed by atoms with Gasteiger partial charge in [0, 0.05) is 23.1 Å². The standard InChI is InChI=1S/C25H33N3/c1-19(26)25-27-24-17-9-14-21(13-8-12-20-10-4-2-5-11-20)23(24)18-28(25)22-15-6-3-7-16-22/h3,6-7,9,14-20,25H,2,4-5,8,10-13,26H2,1H3/t19?,25-/m1/s1. The quantitative estimate of drug-likeness (QED) is 0.824. The summed E-state index contributed by atoms with van der Waals surface area (Å²) in [4.78, 5) is 7.28. The molecule has 0 saturated heterocycles. The molecule has 28 heavy (non-hydrogen) atoms. The van der Waals surface area contributed by atoms with Gasteiger partial charge in [0.15, 0.2) is 0 Å². The van der Waals surface area contributed by atoms with Gasteiger partial charge in [0.1, 0.15) is 6.17 Å². The number of hydrogen-bond acceptors (Lipinski definition) is 3. The second-order valence-electron chi connectivity index (χ2n) is 8.52. The summed E-state index contributed by atoms with van der Waals surface area (Å²) >= 11 is 0. The highest BCUT2D eigenvalue weighted by Crippen LogP contribution is 2.27. The Morgan fingerprint density at radius 2 is 1.82 bits per heavy atom. The molecule has 3 nitrogen and oxygen atoms in total. The first kappa shape index (κ1) is 19.2. The van der Waals surface area contributed by atoms with Crippen LogP contribution in [-0.4, -0.2) is 12.2 Å². The number of nitrogens with two attached hydrogens (primary N) is 1. The van der Waals surface area contributed by atoms with Crippen molar-refractivity contribution in [3.63, 3.8) is 0 Å². The van der Waals surface area contributed by atoms with Crippen LogP contribution in [0.2, 0.25) is 0 Å². The van der Waals surface area contributed by atoms with Gasteiger partial charge in [-0.05, 0) is 49.4 Å². The zero-order valence-corrected chi connectivity index (χ0v) is 17.1. The van der Waals surface area contributed by atoms with Gasteiger partial charge in [-0.1, -0.05) is 68.9 Å². The van der Waals surface area contributed by atoms with Crippen LogP contribution in [0.1, 0.15) is 57.4 Å². The first-order chi connectivity index (χ1) is 13.7. The number of anilines is 1. The van der Waals surface area contributed by atoms with E-state index in [1.54, 1.807) is 0 Å². The van der Waals surface area contributed by atoms with Crippen LogP contribution in [-0.2, 0) is 6.42 Å². The van der Waals surface area contributed by atoms with Crippen molar-refractivity contribution in [3.8, 4) is 0 Å². The summed E-state index contributed by atoms with van der Waals surface area (Å²) < 4.78 is 0. The number of nitrogens with zero attached hydrogens (tertiary/aromatic N) is 2. The number of para-hydroxylation sites is 1. The van der Waals surface area contributed by atoms with E-state index in [0.717, 1.165) is 23.4 Å². The molecule has 0 aromatic heterocycles. The Kier molecular flexibility index (Phi) is 6.11. The Hall–Kier alpha value is -2.13. The van der Waals surface area contributed by atoms with Crippen molar-refractivity contribution in [2.24, 2.45) is 16.6 Å². The molecule has 1 fully saturated rings. The van der Waals surface area contributed by atoms with Crippen LogP contribution in [0.15, 0.2) is 53.5 Å². The minimum absolute atomic E-state index is 0.0421. The van der Waals surface area contributed by atoms with E-state index >= 15 is 0 Å². The summed E-state index contributed by atoms with van der Waals surface area (Å²) in [7, 11) is 0. The van der Waals surface area contributed by atoms with Crippen LogP contribution in [0.3, 0.4) is 0 Å². The lowest BCUT2D eigenvalue weighted by Crippen LogP contribution is -2.50. The molecule has 0 radical (unpaired) electrons. The summed E-state index contributed by atoms with van der Waals surface area (Å²) in [5, 5.41) is 2.36. The summed E-state index contributed by atoms with van der Waals surface area (Å²) in [5.41, 5.74) is 8.86. The maximum absolute atomic E-state index is 6.30. The molecule has 0 bridgehead atoms. The molecule has 1 unspecified atom stereocenters. The topological polar surface area (TPSA) is 41.6 Å². The van der Waals surface area contributed by atoms with Crippen LogP contribution >= 0.6 is 0 Å². The third-order valence-corrected chi connectivity index (χ3v) is 6.31. The molecule has 2 aromatic rings. The smallest absolute Gasteiger partial charge is 0.140 e. The Bertz CT molecular complexity index is 882. The average molecular weight is 376 g/mol. The summed E-state index contributed by atoms with van der Waals surface area (Å²) in [6, 6.07) is 17.0. The molecule has 2 N–H and O–H groups in total. The normalized spacial score (nSPS) is 20.8. The van der Waals surface area contributed by atoms with E-state index in [-0.39, 0.29) is 12.2 Å². The SMILES string of the molecule is CC(N)[C@@H]1N=c2cccc(CCCC3CCCCC3)c2=CN1c1ccccc1. The van der Waals surface area contributed by atoms with Crippen LogP contribution in [0.5, 0.6) is 0 Å². The van der Waals surface area contributed by atoms with Crippen LogP contribution < -0.4 is 21.2 Å². The van der Waals surface area contributed by atoms with E-state index in [1.165, 1.54) is 55.7 Å². The highest BCUT2D eigenvalue weighted by Gasteiger charge is 2.23. The third-order valence-electron chi connectivity index (χ3n) is 6.31. The van der Waals surface area contributed by atoms with Crippen molar-refractivity contribution in [2.75, 3.05) is 4.90 Å². The van der Waals surface area contributed by atoms with Crippen molar-refractivity contribution < 1.29 is 0 Å². The molecule has 2 aromatic carbocycles. The molecule has 1 aliphatic heterocycles. The van der Waals surface area contributed by atoms with Crippen molar-refractivity contribution in [1.29, 1.82) is 0 Å². The van der Waals surface area contributed by atoms with Crippen LogP contribution in [0.25, 0.3) is 6.20 Å². The first-order valence-corrected chi connectivity index (χ1v) is 11.0. The zero-order chi connectivity index (χ0) is 19.3. The molecule has 0 spiro atoms. The minimum Gasteiger partial charge on any atom is -0.325 e.